The number of thioether (sulfide) groups is 1. The quantitative estimate of drug-likeness (QED) is 0.176. The summed E-state index contributed by atoms with van der Waals surface area (Å²) in [4.78, 5) is 29.7. The van der Waals surface area contributed by atoms with E-state index in [9.17, 15) is 9.59 Å². The molecule has 3 rings (SSSR count). The standard InChI is InChI=1S/C23H24N4O4S/c1-15(2)13-27-22(29)17-7-5-6-8-18(17)25-23(27)32-14-21(28)26-24-12-16-9-10-19(30-3)20(11-16)31-4/h5-12H,1,13-14H2,2-4H3,(H,26,28)/b24-12-. The Morgan fingerprint density at radius 1 is 1.22 bits per heavy atom. The molecular formula is C23H24N4O4S. The molecule has 0 unspecified atom stereocenters. The van der Waals surface area contributed by atoms with E-state index in [0.29, 0.717) is 34.1 Å². The molecule has 166 valence electrons. The highest BCUT2D eigenvalue weighted by atomic mass is 32.2. The lowest BCUT2D eigenvalue weighted by Crippen LogP contribution is -2.25. The first-order chi connectivity index (χ1) is 15.4. The van der Waals surface area contributed by atoms with Gasteiger partial charge in [0.1, 0.15) is 0 Å². The Balaban J connectivity index is 1.70. The summed E-state index contributed by atoms with van der Waals surface area (Å²) in [5.74, 6) is 0.894. The van der Waals surface area contributed by atoms with Crippen molar-refractivity contribution in [1.82, 2.24) is 15.0 Å². The molecule has 0 atom stereocenters. The predicted octanol–water partition coefficient (Wildman–Crippen LogP) is 3.23. The van der Waals surface area contributed by atoms with Crippen LogP contribution in [-0.2, 0) is 11.3 Å². The molecule has 0 aliphatic heterocycles. The summed E-state index contributed by atoms with van der Waals surface area (Å²) in [5.41, 5.74) is 4.47. The molecule has 0 aliphatic rings. The van der Waals surface area contributed by atoms with E-state index in [1.165, 1.54) is 22.5 Å². The Labute approximate surface area is 190 Å². The number of amides is 1. The van der Waals surface area contributed by atoms with Crippen LogP contribution in [0, 0.1) is 0 Å². The maximum absolute atomic E-state index is 12.9. The lowest BCUT2D eigenvalue weighted by molar-refractivity contribution is -0.118. The third-order valence-corrected chi connectivity index (χ3v) is 5.37. The average Bonchev–Trinajstić information content (AvgIpc) is 2.79. The van der Waals surface area contributed by atoms with Gasteiger partial charge in [-0.25, -0.2) is 10.4 Å². The minimum atomic E-state index is -0.323. The summed E-state index contributed by atoms with van der Waals surface area (Å²) in [6, 6.07) is 12.4. The zero-order valence-electron chi connectivity index (χ0n) is 18.1. The van der Waals surface area contributed by atoms with Crippen LogP contribution in [0.3, 0.4) is 0 Å². The molecule has 8 nitrogen and oxygen atoms in total. The summed E-state index contributed by atoms with van der Waals surface area (Å²) in [6.07, 6.45) is 1.51. The van der Waals surface area contributed by atoms with E-state index in [1.807, 2.05) is 13.0 Å². The van der Waals surface area contributed by atoms with Crippen LogP contribution in [0.1, 0.15) is 12.5 Å². The van der Waals surface area contributed by atoms with Gasteiger partial charge in [-0.2, -0.15) is 5.10 Å². The summed E-state index contributed by atoms with van der Waals surface area (Å²) >= 11 is 1.17. The zero-order chi connectivity index (χ0) is 23.1. The molecule has 1 aromatic heterocycles. The smallest absolute Gasteiger partial charge is 0.262 e. The van der Waals surface area contributed by atoms with Gasteiger partial charge in [-0.3, -0.25) is 14.2 Å². The number of para-hydroxylation sites is 1. The molecule has 0 aliphatic carbocycles. The van der Waals surface area contributed by atoms with Gasteiger partial charge >= 0.3 is 0 Å². The SMILES string of the molecule is C=C(C)Cn1c(SCC(=O)N/N=C\c2ccc(OC)c(OC)c2)nc2ccccc2c1=O. The summed E-state index contributed by atoms with van der Waals surface area (Å²) < 4.78 is 12.0. The number of rotatable bonds is 9. The van der Waals surface area contributed by atoms with Gasteiger partial charge in [-0.1, -0.05) is 36.0 Å². The first-order valence-corrected chi connectivity index (χ1v) is 10.7. The first-order valence-electron chi connectivity index (χ1n) is 9.73. The number of benzene rings is 2. The largest absolute Gasteiger partial charge is 0.493 e. The molecule has 0 saturated carbocycles. The molecule has 0 bridgehead atoms. The Morgan fingerprint density at radius 2 is 1.97 bits per heavy atom. The highest BCUT2D eigenvalue weighted by Crippen LogP contribution is 2.26. The second-order valence-corrected chi connectivity index (χ2v) is 7.90. The van der Waals surface area contributed by atoms with Crippen molar-refractivity contribution in [3.05, 3.63) is 70.5 Å². The maximum Gasteiger partial charge on any atom is 0.262 e. The molecule has 3 aromatic rings. The molecular weight excluding hydrogens is 428 g/mol. The molecule has 0 radical (unpaired) electrons. The van der Waals surface area contributed by atoms with Crippen molar-refractivity contribution in [3.63, 3.8) is 0 Å². The van der Waals surface area contributed by atoms with Crippen molar-refractivity contribution in [3.8, 4) is 11.5 Å². The molecule has 0 saturated heterocycles. The fourth-order valence-corrected chi connectivity index (χ4v) is 3.73. The van der Waals surface area contributed by atoms with Gasteiger partial charge in [0, 0.05) is 6.54 Å². The number of allylic oxidation sites excluding steroid dienone is 1. The minimum Gasteiger partial charge on any atom is -0.493 e. The second-order valence-electron chi connectivity index (χ2n) is 6.96. The highest BCUT2D eigenvalue weighted by molar-refractivity contribution is 7.99. The summed E-state index contributed by atoms with van der Waals surface area (Å²) in [7, 11) is 3.11. The lowest BCUT2D eigenvalue weighted by Gasteiger charge is -2.12. The third kappa shape index (κ3) is 5.55. The van der Waals surface area contributed by atoms with Gasteiger partial charge in [-0.15, -0.1) is 0 Å². The van der Waals surface area contributed by atoms with E-state index in [4.69, 9.17) is 9.47 Å². The molecule has 1 amide bonds. The number of aromatic nitrogens is 2. The van der Waals surface area contributed by atoms with Crippen molar-refractivity contribution >= 4 is 34.8 Å². The van der Waals surface area contributed by atoms with E-state index in [0.717, 1.165) is 11.1 Å². The third-order valence-electron chi connectivity index (χ3n) is 4.40. The van der Waals surface area contributed by atoms with Crippen molar-refractivity contribution in [1.29, 1.82) is 0 Å². The van der Waals surface area contributed by atoms with E-state index < -0.39 is 0 Å². The number of hydrogen-bond acceptors (Lipinski definition) is 7. The van der Waals surface area contributed by atoms with Gasteiger partial charge in [0.2, 0.25) is 0 Å². The van der Waals surface area contributed by atoms with Gasteiger partial charge < -0.3 is 9.47 Å². The average molecular weight is 453 g/mol. The summed E-state index contributed by atoms with van der Waals surface area (Å²) in [6.45, 7) is 6.06. The second kappa shape index (κ2) is 10.6. The van der Waals surface area contributed by atoms with Gasteiger partial charge in [0.15, 0.2) is 16.7 Å². The number of nitrogens with one attached hydrogen (secondary N) is 1. The molecule has 32 heavy (non-hydrogen) atoms. The number of fused-ring (bicyclic) bond motifs is 1. The number of hydrazone groups is 1. The number of methoxy groups -OCH3 is 2. The zero-order valence-corrected chi connectivity index (χ0v) is 18.9. The van der Waals surface area contributed by atoms with Crippen molar-refractivity contribution in [2.45, 2.75) is 18.6 Å². The minimum absolute atomic E-state index is 0.0459. The Kier molecular flexibility index (Phi) is 7.67. The number of hydrogen-bond donors (Lipinski definition) is 1. The molecule has 9 heteroatoms. The normalized spacial score (nSPS) is 11.0. The molecule has 0 spiro atoms. The van der Waals surface area contributed by atoms with E-state index in [1.54, 1.807) is 50.6 Å². The van der Waals surface area contributed by atoms with Gasteiger partial charge in [-0.05, 0) is 42.8 Å². The fourth-order valence-electron chi connectivity index (χ4n) is 2.94. The predicted molar refractivity (Wildman–Crippen MR) is 127 cm³/mol. The van der Waals surface area contributed by atoms with Crippen molar-refractivity contribution in [2.75, 3.05) is 20.0 Å². The van der Waals surface area contributed by atoms with E-state index >= 15 is 0 Å². The summed E-state index contributed by atoms with van der Waals surface area (Å²) in [5, 5.41) is 4.97. The number of carbonyl (C=O) groups excluding carboxylic acids is 1. The van der Waals surface area contributed by atoms with Crippen LogP contribution < -0.4 is 20.5 Å². The monoisotopic (exact) mass is 452 g/mol. The number of carbonyl (C=O) groups is 1. The van der Waals surface area contributed by atoms with Crippen LogP contribution in [0.2, 0.25) is 0 Å². The van der Waals surface area contributed by atoms with E-state index in [2.05, 4.69) is 22.1 Å². The fraction of sp³-hybridized carbons (Fsp3) is 0.217. The van der Waals surface area contributed by atoms with Crippen molar-refractivity contribution < 1.29 is 14.3 Å². The highest BCUT2D eigenvalue weighted by Gasteiger charge is 2.13. The lowest BCUT2D eigenvalue weighted by atomic mass is 10.2. The molecule has 1 heterocycles. The number of nitrogens with zero attached hydrogens (tertiary/aromatic N) is 3. The van der Waals surface area contributed by atoms with Crippen LogP contribution in [0.15, 0.2) is 69.7 Å². The van der Waals surface area contributed by atoms with Crippen LogP contribution in [0.4, 0.5) is 0 Å². The number of ether oxygens (including phenoxy) is 2. The maximum atomic E-state index is 12.9. The molecule has 0 fully saturated rings. The van der Waals surface area contributed by atoms with Gasteiger partial charge in [0.25, 0.3) is 11.5 Å². The molecule has 2 aromatic carbocycles. The Hall–Kier alpha value is -3.59. The molecule has 1 N–H and O–H groups in total. The van der Waals surface area contributed by atoms with E-state index in [-0.39, 0.29) is 17.2 Å². The van der Waals surface area contributed by atoms with Crippen LogP contribution in [0.25, 0.3) is 10.9 Å². The van der Waals surface area contributed by atoms with Crippen molar-refractivity contribution in [2.24, 2.45) is 5.10 Å². The van der Waals surface area contributed by atoms with Crippen LogP contribution in [-0.4, -0.2) is 41.6 Å². The Morgan fingerprint density at radius 3 is 2.69 bits per heavy atom. The van der Waals surface area contributed by atoms with Gasteiger partial charge in [0.05, 0.1) is 37.1 Å². The van der Waals surface area contributed by atoms with Crippen LogP contribution in [0.5, 0.6) is 11.5 Å². The topological polar surface area (TPSA) is 94.8 Å². The first kappa shape index (κ1) is 23.1. The Bertz CT molecular complexity index is 1240. The van der Waals surface area contributed by atoms with Crippen LogP contribution >= 0.6 is 11.8 Å².